The number of carbonyl (C=O) groups is 2. The molecule has 2 aliphatic heterocycles. The zero-order valence-corrected chi connectivity index (χ0v) is 21.0. The topological polar surface area (TPSA) is 61.4 Å². The average Bonchev–Trinajstić information content (AvgIpc) is 3.29. The third-order valence-electron chi connectivity index (χ3n) is 6.96. The van der Waals surface area contributed by atoms with E-state index in [-0.39, 0.29) is 22.7 Å². The van der Waals surface area contributed by atoms with Crippen molar-refractivity contribution >= 4 is 23.6 Å². The average molecular weight is 480 g/mol. The molecule has 2 saturated heterocycles. The summed E-state index contributed by atoms with van der Waals surface area (Å²) >= 11 is 1.84. The van der Waals surface area contributed by atoms with E-state index in [1.807, 2.05) is 47.0 Å². The van der Waals surface area contributed by atoms with Crippen LogP contribution in [0, 0.1) is 0 Å². The minimum atomic E-state index is -0.164. The molecule has 0 aliphatic carbocycles. The van der Waals surface area contributed by atoms with E-state index in [1.54, 1.807) is 0 Å². The number of rotatable bonds is 9. The van der Waals surface area contributed by atoms with Crippen molar-refractivity contribution in [2.24, 2.45) is 0 Å². The summed E-state index contributed by atoms with van der Waals surface area (Å²) in [5, 5.41) is 6.68. The van der Waals surface area contributed by atoms with Crippen molar-refractivity contribution in [1.82, 2.24) is 15.5 Å². The second kappa shape index (κ2) is 11.9. The summed E-state index contributed by atoms with van der Waals surface area (Å²) in [6, 6.07) is 18.2. The monoisotopic (exact) mass is 479 g/mol. The van der Waals surface area contributed by atoms with E-state index >= 15 is 0 Å². The van der Waals surface area contributed by atoms with E-state index < -0.39 is 0 Å². The van der Waals surface area contributed by atoms with Crippen molar-refractivity contribution in [2.45, 2.75) is 62.8 Å². The molecule has 1 atom stereocenters. The normalized spacial score (nSPS) is 19.3. The highest BCUT2D eigenvalue weighted by atomic mass is 32.2. The molecule has 1 spiro atoms. The zero-order chi connectivity index (χ0) is 23.8. The lowest BCUT2D eigenvalue weighted by Crippen LogP contribution is -2.54. The quantitative estimate of drug-likeness (QED) is 0.523. The number of aryl methyl sites for hydroxylation is 1. The molecule has 2 amide bonds. The lowest BCUT2D eigenvalue weighted by Gasteiger charge is -2.39. The number of nitrogens with zero attached hydrogens (tertiary/aromatic N) is 1. The van der Waals surface area contributed by atoms with Gasteiger partial charge in [0.15, 0.2) is 0 Å². The predicted molar refractivity (Wildman–Crippen MR) is 140 cm³/mol. The smallest absolute Gasteiger partial charge is 0.253 e. The van der Waals surface area contributed by atoms with Gasteiger partial charge in [0.25, 0.3) is 5.91 Å². The van der Waals surface area contributed by atoms with Crippen molar-refractivity contribution < 1.29 is 9.59 Å². The highest BCUT2D eigenvalue weighted by molar-refractivity contribution is 8.01. The first-order valence-corrected chi connectivity index (χ1v) is 13.7. The Labute approximate surface area is 208 Å². The molecule has 2 aromatic rings. The molecule has 6 heteroatoms. The van der Waals surface area contributed by atoms with E-state index in [0.29, 0.717) is 6.54 Å². The maximum absolute atomic E-state index is 13.0. The van der Waals surface area contributed by atoms with Crippen LogP contribution in [0.1, 0.15) is 60.5 Å². The number of hydrogen-bond donors (Lipinski definition) is 2. The van der Waals surface area contributed by atoms with Crippen LogP contribution >= 0.6 is 11.8 Å². The van der Waals surface area contributed by atoms with E-state index in [1.165, 1.54) is 30.4 Å². The Morgan fingerprint density at radius 3 is 2.41 bits per heavy atom. The Morgan fingerprint density at radius 1 is 1.00 bits per heavy atom. The van der Waals surface area contributed by atoms with Gasteiger partial charge in [-0.25, -0.2) is 0 Å². The summed E-state index contributed by atoms with van der Waals surface area (Å²) < 4.78 is 0. The fourth-order valence-electron chi connectivity index (χ4n) is 4.82. The Bertz CT molecular complexity index is 940. The first-order valence-electron chi connectivity index (χ1n) is 12.7. The Morgan fingerprint density at radius 2 is 1.71 bits per heavy atom. The fourth-order valence-corrected chi connectivity index (χ4v) is 6.24. The van der Waals surface area contributed by atoms with Crippen LogP contribution < -0.4 is 10.6 Å². The van der Waals surface area contributed by atoms with Crippen LogP contribution in [0.5, 0.6) is 0 Å². The number of carbonyl (C=O) groups excluding carboxylic acids is 2. The van der Waals surface area contributed by atoms with Crippen LogP contribution in [-0.4, -0.2) is 53.0 Å². The number of nitrogens with one attached hydrogen (secondary N) is 2. The standard InChI is InChI=1S/C28H37N3O2S/c1-2-3-5-8-23-11-13-24(14-12-23)27(33)31-19-16-28(17-20-31)30-25(21-34-28)26(32)29-18-15-22-9-6-4-7-10-22/h4,6-7,9-14,25,30H,2-3,5,8,15-21H2,1H3,(H,29,32). The first-order chi connectivity index (χ1) is 16.6. The Hall–Kier alpha value is -2.31. The number of benzene rings is 2. The van der Waals surface area contributed by atoms with Gasteiger partial charge in [-0.15, -0.1) is 11.8 Å². The summed E-state index contributed by atoms with van der Waals surface area (Å²) in [5.74, 6) is 0.982. The molecule has 2 aromatic carbocycles. The molecular weight excluding hydrogens is 442 g/mol. The minimum absolute atomic E-state index is 0.0813. The molecule has 0 bridgehead atoms. The van der Waals surface area contributed by atoms with Gasteiger partial charge in [0.2, 0.25) is 5.91 Å². The lowest BCUT2D eigenvalue weighted by molar-refractivity contribution is -0.122. The molecule has 5 nitrogen and oxygen atoms in total. The fraction of sp³-hybridized carbons (Fsp3) is 0.500. The number of likely N-dealkylation sites (tertiary alicyclic amines) is 1. The third-order valence-corrected chi connectivity index (χ3v) is 8.54. The molecule has 2 aliphatic rings. The van der Waals surface area contributed by atoms with Crippen molar-refractivity contribution in [1.29, 1.82) is 0 Å². The third kappa shape index (κ3) is 6.42. The summed E-state index contributed by atoms with van der Waals surface area (Å²) in [6.45, 7) is 4.31. The van der Waals surface area contributed by atoms with Gasteiger partial charge in [0, 0.05) is 31.0 Å². The molecular formula is C28H37N3O2S. The van der Waals surface area contributed by atoms with Gasteiger partial charge in [-0.1, -0.05) is 62.2 Å². The summed E-state index contributed by atoms with van der Waals surface area (Å²) in [6.07, 6.45) is 7.33. The summed E-state index contributed by atoms with van der Waals surface area (Å²) in [4.78, 5) is 27.6. The number of unbranched alkanes of at least 4 members (excludes halogenated alkanes) is 2. The van der Waals surface area contributed by atoms with Gasteiger partial charge in [0.1, 0.15) is 0 Å². The van der Waals surface area contributed by atoms with Crippen LogP contribution in [0.3, 0.4) is 0 Å². The predicted octanol–water partition coefficient (Wildman–Crippen LogP) is 4.42. The van der Waals surface area contributed by atoms with Gasteiger partial charge in [-0.2, -0.15) is 0 Å². The molecule has 2 fully saturated rings. The second-order valence-electron chi connectivity index (χ2n) is 9.48. The summed E-state index contributed by atoms with van der Waals surface area (Å²) in [7, 11) is 0. The number of amides is 2. The molecule has 182 valence electrons. The zero-order valence-electron chi connectivity index (χ0n) is 20.2. The maximum atomic E-state index is 13.0. The van der Waals surface area contributed by atoms with Gasteiger partial charge in [-0.05, 0) is 55.4 Å². The SMILES string of the molecule is CCCCCc1ccc(C(=O)N2CCC3(CC2)NC(C(=O)NCCc2ccccc2)CS3)cc1. The Balaban J connectivity index is 1.21. The second-order valence-corrected chi connectivity index (χ2v) is 10.9. The molecule has 2 heterocycles. The number of piperidine rings is 1. The van der Waals surface area contributed by atoms with Gasteiger partial charge in [0.05, 0.1) is 10.9 Å². The largest absolute Gasteiger partial charge is 0.354 e. The van der Waals surface area contributed by atoms with Crippen LogP contribution in [0.25, 0.3) is 0 Å². The molecule has 34 heavy (non-hydrogen) atoms. The summed E-state index contributed by atoms with van der Waals surface area (Å²) in [5.41, 5.74) is 3.32. The van der Waals surface area contributed by atoms with Gasteiger partial charge in [-0.3, -0.25) is 14.9 Å². The van der Waals surface area contributed by atoms with Crippen molar-refractivity contribution in [2.75, 3.05) is 25.4 Å². The van der Waals surface area contributed by atoms with E-state index in [0.717, 1.165) is 50.1 Å². The highest BCUT2D eigenvalue weighted by Crippen LogP contribution is 2.39. The van der Waals surface area contributed by atoms with Crippen LogP contribution in [-0.2, 0) is 17.6 Å². The van der Waals surface area contributed by atoms with E-state index in [9.17, 15) is 9.59 Å². The molecule has 0 saturated carbocycles. The highest BCUT2D eigenvalue weighted by Gasteiger charge is 2.44. The van der Waals surface area contributed by atoms with Crippen LogP contribution in [0.2, 0.25) is 0 Å². The van der Waals surface area contributed by atoms with Crippen LogP contribution in [0.15, 0.2) is 54.6 Å². The van der Waals surface area contributed by atoms with Crippen molar-refractivity contribution in [3.63, 3.8) is 0 Å². The van der Waals surface area contributed by atoms with Crippen molar-refractivity contribution in [3.8, 4) is 0 Å². The molecule has 0 radical (unpaired) electrons. The van der Waals surface area contributed by atoms with Crippen molar-refractivity contribution in [3.05, 3.63) is 71.3 Å². The van der Waals surface area contributed by atoms with Gasteiger partial charge < -0.3 is 10.2 Å². The molecule has 0 aromatic heterocycles. The Kier molecular flexibility index (Phi) is 8.68. The first kappa shape index (κ1) is 24.8. The molecule has 1 unspecified atom stereocenters. The van der Waals surface area contributed by atoms with Gasteiger partial charge >= 0.3 is 0 Å². The molecule has 2 N–H and O–H groups in total. The van der Waals surface area contributed by atoms with E-state index in [4.69, 9.17) is 0 Å². The van der Waals surface area contributed by atoms with E-state index in [2.05, 4.69) is 41.8 Å². The van der Waals surface area contributed by atoms with Crippen LogP contribution in [0.4, 0.5) is 0 Å². The number of hydrogen-bond acceptors (Lipinski definition) is 4. The minimum Gasteiger partial charge on any atom is -0.354 e. The lowest BCUT2D eigenvalue weighted by atomic mass is 10.0. The number of thioether (sulfide) groups is 1. The maximum Gasteiger partial charge on any atom is 0.253 e. The molecule has 4 rings (SSSR count).